The van der Waals surface area contributed by atoms with Gasteiger partial charge in [-0.25, -0.2) is 0 Å². The number of nitrogens with zero attached hydrogens (tertiary/aromatic N) is 5. The van der Waals surface area contributed by atoms with E-state index in [2.05, 4.69) is 19.6 Å². The summed E-state index contributed by atoms with van der Waals surface area (Å²) >= 11 is 0. The summed E-state index contributed by atoms with van der Waals surface area (Å²) in [6, 6.07) is 3.15. The molecule has 3 aromatic heterocycles. The van der Waals surface area contributed by atoms with E-state index in [9.17, 15) is 20.5 Å². The van der Waals surface area contributed by atoms with Crippen molar-refractivity contribution >= 4 is 0 Å². The summed E-state index contributed by atoms with van der Waals surface area (Å²) in [5, 5.41) is 44.6. The molecule has 0 spiro atoms. The molecule has 0 fully saturated rings. The largest absolute Gasteiger partial charge is 0.499 e. The number of hydrogen-bond donors (Lipinski definition) is 0. The molecule has 2 aliphatic rings. The first kappa shape index (κ1) is 17.2. The Morgan fingerprint density at radius 2 is 2.14 bits per heavy atom. The van der Waals surface area contributed by atoms with Gasteiger partial charge in [0.05, 0.1) is 23.8 Å². The first-order valence-electron chi connectivity index (χ1n) is 8.71. The van der Waals surface area contributed by atoms with Crippen LogP contribution in [0.4, 0.5) is 0 Å². The molecule has 0 saturated heterocycles. The lowest BCUT2D eigenvalue weighted by atomic mass is 9.62. The van der Waals surface area contributed by atoms with E-state index in [0.29, 0.717) is 12.4 Å². The summed E-state index contributed by atoms with van der Waals surface area (Å²) in [4.78, 5) is 12.1. The van der Waals surface area contributed by atoms with Crippen LogP contribution in [0.5, 0.6) is 0 Å². The van der Waals surface area contributed by atoms with E-state index < -0.39 is 22.3 Å². The van der Waals surface area contributed by atoms with Crippen LogP contribution < -0.4 is 9.81 Å². The zero-order valence-corrected chi connectivity index (χ0v) is 14.9. The number of fused-ring (bicyclic) bond motifs is 6. The van der Waals surface area contributed by atoms with Gasteiger partial charge < -0.3 is 19.6 Å². The number of furan rings is 1. The van der Waals surface area contributed by atoms with Crippen LogP contribution in [0.3, 0.4) is 0 Å². The fraction of sp³-hybridized carbons (Fsp3) is 0.375. The van der Waals surface area contributed by atoms with Gasteiger partial charge in [-0.2, -0.15) is 0 Å². The van der Waals surface area contributed by atoms with E-state index in [-0.39, 0.29) is 44.8 Å². The van der Waals surface area contributed by atoms with Gasteiger partial charge in [-0.05, 0) is 34.9 Å². The Kier molecular flexibility index (Phi) is 3.44. The minimum atomic E-state index is -2.07. The minimum Gasteiger partial charge on any atom is -0.499 e. The van der Waals surface area contributed by atoms with Crippen LogP contribution in [0.15, 0.2) is 43.9 Å². The van der Waals surface area contributed by atoms with Gasteiger partial charge in [-0.1, -0.05) is 0 Å². The van der Waals surface area contributed by atoms with Crippen molar-refractivity contribution in [2.75, 3.05) is 6.61 Å². The predicted octanol–water partition coefficient (Wildman–Crippen LogP) is 0.867. The zero-order valence-electron chi connectivity index (χ0n) is 14.9. The van der Waals surface area contributed by atoms with Crippen molar-refractivity contribution in [3.05, 3.63) is 67.9 Å². The number of ether oxygens (including phenoxy) is 1. The third-order valence-corrected chi connectivity index (χ3v) is 5.44. The second kappa shape index (κ2) is 5.80. The molecular formula is C16H13N5O8. The van der Waals surface area contributed by atoms with Crippen molar-refractivity contribution in [1.29, 1.82) is 0 Å². The summed E-state index contributed by atoms with van der Waals surface area (Å²) in [6.07, 6.45) is 2.93. The van der Waals surface area contributed by atoms with E-state index >= 15 is 0 Å². The average Bonchev–Trinajstić information content (AvgIpc) is 3.42. The molecular weight excluding hydrogens is 390 g/mol. The molecule has 13 nitrogen and oxygen atoms in total. The van der Waals surface area contributed by atoms with Crippen LogP contribution in [0.2, 0.25) is 0 Å². The molecule has 0 unspecified atom stereocenters. The molecule has 0 aliphatic heterocycles. The summed E-state index contributed by atoms with van der Waals surface area (Å²) < 4.78 is 20.5. The van der Waals surface area contributed by atoms with Crippen molar-refractivity contribution in [2.24, 2.45) is 0 Å². The predicted molar refractivity (Wildman–Crippen MR) is 87.1 cm³/mol. The smallest absolute Gasteiger partial charge is 0.317 e. The topological polar surface area (TPSA) is 171 Å². The van der Waals surface area contributed by atoms with Crippen molar-refractivity contribution in [3.8, 4) is 11.4 Å². The highest BCUT2D eigenvalue weighted by molar-refractivity contribution is 5.63. The second-order valence-corrected chi connectivity index (χ2v) is 6.69. The van der Waals surface area contributed by atoms with E-state index in [1.54, 1.807) is 25.1 Å². The third kappa shape index (κ3) is 2.03. The first-order valence-corrected chi connectivity index (χ1v) is 8.71. The molecule has 0 radical (unpaired) electrons. The van der Waals surface area contributed by atoms with Crippen LogP contribution in [0, 0.1) is 20.5 Å². The Bertz CT molecular complexity index is 1130. The van der Waals surface area contributed by atoms with Gasteiger partial charge in [-0.15, -0.1) is 0 Å². The maximum Gasteiger partial charge on any atom is 0.317 e. The van der Waals surface area contributed by atoms with Crippen molar-refractivity contribution in [2.45, 2.75) is 30.7 Å². The number of allylic oxidation sites excluding steroid dienone is 1. The molecule has 5 rings (SSSR count). The van der Waals surface area contributed by atoms with Crippen molar-refractivity contribution < 1.29 is 33.1 Å². The highest BCUT2D eigenvalue weighted by atomic mass is 16.8. The van der Waals surface area contributed by atoms with Crippen LogP contribution in [-0.4, -0.2) is 21.8 Å². The molecule has 2 aliphatic carbocycles. The molecule has 0 bridgehead atoms. The Hall–Kier alpha value is -3.90. The molecule has 3 atom stereocenters. The monoisotopic (exact) mass is 403 g/mol. The van der Waals surface area contributed by atoms with Gasteiger partial charge >= 0.3 is 11.2 Å². The summed E-state index contributed by atoms with van der Waals surface area (Å²) in [7, 11) is 0. The van der Waals surface area contributed by atoms with Gasteiger partial charge in [0.1, 0.15) is 17.6 Å². The maximum atomic E-state index is 12.6. The highest BCUT2D eigenvalue weighted by Crippen LogP contribution is 2.59. The van der Waals surface area contributed by atoms with E-state index in [0.717, 1.165) is 0 Å². The summed E-state index contributed by atoms with van der Waals surface area (Å²) in [5.74, 6) is -1.46. The minimum absolute atomic E-state index is 0.00631. The summed E-state index contributed by atoms with van der Waals surface area (Å²) in [6.45, 7) is 2.09. The van der Waals surface area contributed by atoms with Gasteiger partial charge in [-0.3, -0.25) is 19.4 Å². The quantitative estimate of drug-likeness (QED) is 0.345. The van der Waals surface area contributed by atoms with Crippen LogP contribution in [0.25, 0.3) is 11.4 Å². The number of rotatable bonds is 4. The summed E-state index contributed by atoms with van der Waals surface area (Å²) in [5.41, 5.74) is -2.97. The number of hydrogen-bond acceptors (Lipinski definition) is 10. The van der Waals surface area contributed by atoms with E-state index in [1.165, 1.54) is 6.26 Å². The Morgan fingerprint density at radius 1 is 1.34 bits per heavy atom. The van der Waals surface area contributed by atoms with Crippen LogP contribution in [-0.2, 0) is 10.3 Å². The highest BCUT2D eigenvalue weighted by Gasteiger charge is 2.73. The first-order chi connectivity index (χ1) is 14.0. The van der Waals surface area contributed by atoms with Gasteiger partial charge in [0, 0.05) is 16.5 Å². The fourth-order valence-electron chi connectivity index (χ4n) is 4.38. The van der Waals surface area contributed by atoms with Crippen LogP contribution >= 0.6 is 0 Å². The molecule has 0 aromatic carbocycles. The lowest BCUT2D eigenvalue weighted by molar-refractivity contribution is -0.811. The fourth-order valence-corrected chi connectivity index (χ4v) is 4.38. The Balaban J connectivity index is 1.88. The molecule has 0 saturated carbocycles. The molecule has 0 amide bonds. The van der Waals surface area contributed by atoms with E-state index in [1.807, 2.05) is 0 Å². The van der Waals surface area contributed by atoms with Crippen LogP contribution in [0.1, 0.15) is 42.3 Å². The Morgan fingerprint density at radius 3 is 2.83 bits per heavy atom. The Labute approximate surface area is 161 Å². The molecule has 3 aromatic rings. The lowest BCUT2D eigenvalue weighted by Gasteiger charge is -2.37. The second-order valence-electron chi connectivity index (χ2n) is 6.69. The lowest BCUT2D eigenvalue weighted by Crippen LogP contribution is -2.54. The molecule has 13 heteroatoms. The van der Waals surface area contributed by atoms with Gasteiger partial charge in [0.2, 0.25) is 5.69 Å². The normalized spacial score (nSPS) is 24.9. The zero-order chi connectivity index (χ0) is 20.3. The van der Waals surface area contributed by atoms with E-state index in [4.69, 9.17) is 9.15 Å². The standard InChI is InChI=1S/C16H13N5O8/c1-2-26-8-6-9(11-4-3-5-27-11)16(21(24)25)10(7-8)13-12(17-28-19(13)22)14-15(16)18-29-20(14)23/h3-6,9-10H,2,7H2,1H3/t9-,10-,16+/m0/s1. The molecule has 3 heterocycles. The van der Waals surface area contributed by atoms with Gasteiger partial charge in [0.25, 0.3) is 11.4 Å². The van der Waals surface area contributed by atoms with Crippen molar-refractivity contribution in [1.82, 2.24) is 10.3 Å². The average molecular weight is 403 g/mol. The SMILES string of the molecule is CCOC1=C[C@@H](c2ccco2)[C@]2([N+](=O)[O-])c3no[n+]([O-])c3-c3no[n+]([O-])c3[C@@H]2C1. The number of aromatic nitrogens is 4. The maximum absolute atomic E-state index is 12.6. The van der Waals surface area contributed by atoms with Crippen molar-refractivity contribution in [3.63, 3.8) is 0 Å². The number of nitro groups is 1. The molecule has 29 heavy (non-hydrogen) atoms. The molecule has 150 valence electrons. The van der Waals surface area contributed by atoms with Gasteiger partial charge in [0.15, 0.2) is 0 Å². The molecule has 0 N–H and O–H groups in total. The third-order valence-electron chi connectivity index (χ3n) is 5.44.